The minimum atomic E-state index is -0.180. The second kappa shape index (κ2) is 11.9. The van der Waals surface area contributed by atoms with Gasteiger partial charge in [0.1, 0.15) is 11.6 Å². The molecule has 0 aromatic heterocycles. The summed E-state index contributed by atoms with van der Waals surface area (Å²) < 4.78 is 30.7. The molecule has 0 spiro atoms. The van der Waals surface area contributed by atoms with Crippen molar-refractivity contribution in [1.29, 1.82) is 0 Å². The van der Waals surface area contributed by atoms with Gasteiger partial charge >= 0.3 is 0 Å². The van der Waals surface area contributed by atoms with Crippen LogP contribution in [0.3, 0.4) is 0 Å². The molecule has 1 fully saturated rings. The topological polar surface area (TPSA) is 27.7 Å². The zero-order chi connectivity index (χ0) is 25.5. The van der Waals surface area contributed by atoms with E-state index in [2.05, 4.69) is 30.9 Å². The molecule has 0 N–H and O–H groups in total. The predicted molar refractivity (Wildman–Crippen MR) is 145 cm³/mol. The Kier molecular flexibility index (Phi) is 8.24. The summed E-state index contributed by atoms with van der Waals surface area (Å²) in [7, 11) is 0. The standard InChI is InChI=1S/C33H35FO3/c1-2-33(23-36-24-33)22-35-17-5-3-4-6-18-37-30-13-9-25(10-14-30)7-8-26-11-15-31-27(19-26)20-28-21-29(34)12-16-32(28)31/h9-16,19,21H,2-6,17-18,20,22-24H2,1H3. The first kappa shape index (κ1) is 25.5. The third kappa shape index (κ3) is 6.42. The van der Waals surface area contributed by atoms with Gasteiger partial charge in [0.05, 0.1) is 26.4 Å². The van der Waals surface area contributed by atoms with Gasteiger partial charge in [-0.05, 0) is 103 Å². The van der Waals surface area contributed by atoms with E-state index in [0.717, 1.165) is 93.1 Å². The molecule has 1 aliphatic heterocycles. The van der Waals surface area contributed by atoms with Crippen LogP contribution in [0.2, 0.25) is 0 Å². The van der Waals surface area contributed by atoms with E-state index in [0.29, 0.717) is 0 Å². The number of fused-ring (bicyclic) bond motifs is 3. The number of hydrogen-bond acceptors (Lipinski definition) is 3. The molecular weight excluding hydrogens is 463 g/mol. The Hall–Kier alpha value is -3.13. The molecule has 0 bridgehead atoms. The van der Waals surface area contributed by atoms with E-state index in [1.807, 2.05) is 36.4 Å². The number of unbranched alkanes of at least 4 members (excludes halogenated alkanes) is 3. The maximum Gasteiger partial charge on any atom is 0.123 e. The molecule has 0 unspecified atom stereocenters. The van der Waals surface area contributed by atoms with Gasteiger partial charge in [-0.2, -0.15) is 0 Å². The smallest absolute Gasteiger partial charge is 0.123 e. The number of halogens is 1. The van der Waals surface area contributed by atoms with Crippen LogP contribution in [0.4, 0.5) is 4.39 Å². The minimum absolute atomic E-state index is 0.180. The summed E-state index contributed by atoms with van der Waals surface area (Å²) >= 11 is 0. The lowest BCUT2D eigenvalue weighted by Gasteiger charge is -2.40. The average Bonchev–Trinajstić information content (AvgIpc) is 3.25. The van der Waals surface area contributed by atoms with E-state index in [1.54, 1.807) is 6.07 Å². The summed E-state index contributed by atoms with van der Waals surface area (Å²) in [5, 5.41) is 0. The van der Waals surface area contributed by atoms with Crippen molar-refractivity contribution in [2.24, 2.45) is 5.41 Å². The Morgan fingerprint density at radius 1 is 0.811 bits per heavy atom. The second-order valence-corrected chi connectivity index (χ2v) is 10.3. The Bertz CT molecular complexity index is 1260. The first-order chi connectivity index (χ1) is 18.1. The van der Waals surface area contributed by atoms with Gasteiger partial charge in [-0.15, -0.1) is 0 Å². The molecule has 1 aliphatic carbocycles. The van der Waals surface area contributed by atoms with Crippen LogP contribution in [0, 0.1) is 23.1 Å². The summed E-state index contributed by atoms with van der Waals surface area (Å²) in [6, 6.07) is 19.3. The quantitative estimate of drug-likeness (QED) is 0.162. The molecule has 37 heavy (non-hydrogen) atoms. The van der Waals surface area contributed by atoms with E-state index in [-0.39, 0.29) is 11.2 Å². The van der Waals surface area contributed by atoms with Crippen molar-refractivity contribution in [3.63, 3.8) is 0 Å². The molecular formula is C33H35FO3. The van der Waals surface area contributed by atoms with Crippen LogP contribution in [0.5, 0.6) is 5.75 Å². The second-order valence-electron chi connectivity index (χ2n) is 10.3. The Labute approximate surface area is 220 Å². The fourth-order valence-corrected chi connectivity index (χ4v) is 4.95. The lowest BCUT2D eigenvalue weighted by Crippen LogP contribution is -2.45. The zero-order valence-electron chi connectivity index (χ0n) is 21.7. The zero-order valence-corrected chi connectivity index (χ0v) is 21.7. The van der Waals surface area contributed by atoms with Crippen molar-refractivity contribution in [3.05, 3.63) is 88.7 Å². The Morgan fingerprint density at radius 3 is 2.22 bits per heavy atom. The summed E-state index contributed by atoms with van der Waals surface area (Å²) in [5.74, 6) is 7.21. The molecule has 0 saturated carbocycles. The SMILES string of the molecule is CCC1(COCCCCCCOc2ccc(C#Cc3ccc4c(c3)Cc3cc(F)ccc3-4)cc2)COC1. The molecule has 0 amide bonds. The van der Waals surface area contributed by atoms with Gasteiger partial charge in [-0.25, -0.2) is 4.39 Å². The summed E-state index contributed by atoms with van der Waals surface area (Å²) in [6.45, 7) is 6.31. The van der Waals surface area contributed by atoms with Crippen molar-refractivity contribution in [2.75, 3.05) is 33.0 Å². The third-order valence-electron chi connectivity index (χ3n) is 7.48. The van der Waals surface area contributed by atoms with Crippen LogP contribution in [-0.2, 0) is 15.9 Å². The van der Waals surface area contributed by atoms with Gasteiger partial charge in [0, 0.05) is 23.1 Å². The molecule has 4 heteroatoms. The lowest BCUT2D eigenvalue weighted by molar-refractivity contribution is -0.150. The first-order valence-corrected chi connectivity index (χ1v) is 13.5. The van der Waals surface area contributed by atoms with E-state index in [1.165, 1.54) is 23.6 Å². The van der Waals surface area contributed by atoms with Crippen LogP contribution in [0.25, 0.3) is 11.1 Å². The highest BCUT2D eigenvalue weighted by Gasteiger charge is 2.36. The molecule has 192 valence electrons. The van der Waals surface area contributed by atoms with Gasteiger partial charge in [0.2, 0.25) is 0 Å². The van der Waals surface area contributed by atoms with E-state index in [9.17, 15) is 4.39 Å². The molecule has 1 heterocycles. The number of benzene rings is 3. The molecule has 3 nitrogen and oxygen atoms in total. The largest absolute Gasteiger partial charge is 0.494 e. The number of rotatable bonds is 11. The minimum Gasteiger partial charge on any atom is -0.494 e. The fraction of sp³-hybridized carbons (Fsp3) is 0.394. The van der Waals surface area contributed by atoms with Crippen molar-refractivity contribution >= 4 is 0 Å². The number of ether oxygens (including phenoxy) is 3. The molecule has 5 rings (SSSR count). The first-order valence-electron chi connectivity index (χ1n) is 13.5. The molecule has 0 atom stereocenters. The highest BCUT2D eigenvalue weighted by molar-refractivity contribution is 5.77. The van der Waals surface area contributed by atoms with Crippen LogP contribution >= 0.6 is 0 Å². The predicted octanol–water partition coefficient (Wildman–Crippen LogP) is 7.18. The van der Waals surface area contributed by atoms with Gasteiger partial charge in [-0.1, -0.05) is 37.3 Å². The number of hydrogen-bond donors (Lipinski definition) is 0. The Balaban J connectivity index is 1.01. The highest BCUT2D eigenvalue weighted by Crippen LogP contribution is 2.37. The van der Waals surface area contributed by atoms with Crippen LogP contribution in [0.1, 0.15) is 61.3 Å². The van der Waals surface area contributed by atoms with Gasteiger partial charge in [0.25, 0.3) is 0 Å². The molecule has 0 radical (unpaired) electrons. The maximum absolute atomic E-state index is 13.6. The van der Waals surface area contributed by atoms with Gasteiger partial charge < -0.3 is 14.2 Å². The van der Waals surface area contributed by atoms with Crippen molar-refractivity contribution < 1.29 is 18.6 Å². The van der Waals surface area contributed by atoms with Crippen LogP contribution in [-0.4, -0.2) is 33.0 Å². The van der Waals surface area contributed by atoms with Crippen LogP contribution in [0.15, 0.2) is 60.7 Å². The van der Waals surface area contributed by atoms with Gasteiger partial charge in [-0.3, -0.25) is 0 Å². The third-order valence-corrected chi connectivity index (χ3v) is 7.48. The van der Waals surface area contributed by atoms with E-state index < -0.39 is 0 Å². The molecule has 2 aliphatic rings. The summed E-state index contributed by atoms with van der Waals surface area (Å²) in [5.41, 5.74) is 6.77. The molecule has 3 aromatic rings. The van der Waals surface area contributed by atoms with E-state index >= 15 is 0 Å². The summed E-state index contributed by atoms with van der Waals surface area (Å²) in [6.07, 6.45) is 6.35. The van der Waals surface area contributed by atoms with Gasteiger partial charge in [0.15, 0.2) is 0 Å². The summed E-state index contributed by atoms with van der Waals surface area (Å²) in [4.78, 5) is 0. The average molecular weight is 499 g/mol. The normalized spacial score (nSPS) is 14.8. The maximum atomic E-state index is 13.6. The lowest BCUT2D eigenvalue weighted by atomic mass is 9.84. The molecule has 1 saturated heterocycles. The van der Waals surface area contributed by atoms with Crippen molar-refractivity contribution in [2.45, 2.75) is 45.4 Å². The van der Waals surface area contributed by atoms with Crippen LogP contribution < -0.4 is 4.74 Å². The fourth-order valence-electron chi connectivity index (χ4n) is 4.95. The Morgan fingerprint density at radius 2 is 1.49 bits per heavy atom. The highest BCUT2D eigenvalue weighted by atomic mass is 19.1. The van der Waals surface area contributed by atoms with Crippen molar-refractivity contribution in [3.8, 4) is 28.7 Å². The van der Waals surface area contributed by atoms with E-state index in [4.69, 9.17) is 14.2 Å². The van der Waals surface area contributed by atoms with Crippen molar-refractivity contribution in [1.82, 2.24) is 0 Å². The molecule has 3 aromatic carbocycles. The monoisotopic (exact) mass is 498 g/mol.